The van der Waals surface area contributed by atoms with Crippen molar-refractivity contribution < 1.29 is 9.59 Å². The van der Waals surface area contributed by atoms with Crippen LogP contribution in [0, 0.1) is 17.3 Å². The average Bonchev–Trinajstić information content (AvgIpc) is 2.35. The second-order valence-corrected chi connectivity index (χ2v) is 6.73. The third-order valence-corrected chi connectivity index (χ3v) is 4.96. The van der Waals surface area contributed by atoms with Crippen molar-refractivity contribution in [2.75, 3.05) is 20.6 Å². The lowest BCUT2D eigenvalue weighted by atomic mass is 9.61. The van der Waals surface area contributed by atoms with Gasteiger partial charge in [-0.2, -0.15) is 0 Å². The molecule has 3 atom stereocenters. The minimum Gasteiger partial charge on any atom is -0.355 e. The molecular formula is C15H29N3O2. The van der Waals surface area contributed by atoms with E-state index in [0.29, 0.717) is 18.9 Å². The fourth-order valence-corrected chi connectivity index (χ4v) is 2.96. The summed E-state index contributed by atoms with van der Waals surface area (Å²) < 4.78 is 0. The highest BCUT2D eigenvalue weighted by atomic mass is 16.2. The standard InChI is InChI=1S/C15H29N3O2/c1-10-12(16)7-6-11(15(10,2)3)14(20)17-9-8-13(19)18(4)5/h10-12H,6-9,16H2,1-5H3,(H,17,20). The second-order valence-electron chi connectivity index (χ2n) is 6.73. The number of carbonyl (C=O) groups excluding carboxylic acids is 2. The van der Waals surface area contributed by atoms with Gasteiger partial charge >= 0.3 is 0 Å². The zero-order chi connectivity index (χ0) is 15.5. The monoisotopic (exact) mass is 283 g/mol. The van der Waals surface area contributed by atoms with E-state index in [1.165, 1.54) is 4.90 Å². The second kappa shape index (κ2) is 6.57. The molecule has 0 aliphatic heterocycles. The molecule has 5 heteroatoms. The molecular weight excluding hydrogens is 254 g/mol. The molecule has 0 aromatic carbocycles. The highest BCUT2D eigenvalue weighted by molar-refractivity contribution is 5.81. The highest BCUT2D eigenvalue weighted by Crippen LogP contribution is 2.44. The number of amides is 2. The molecule has 116 valence electrons. The summed E-state index contributed by atoms with van der Waals surface area (Å²) in [6, 6.07) is 0.171. The summed E-state index contributed by atoms with van der Waals surface area (Å²) in [7, 11) is 3.44. The molecule has 0 saturated heterocycles. The van der Waals surface area contributed by atoms with Crippen molar-refractivity contribution >= 4 is 11.8 Å². The Kier molecular flexibility index (Phi) is 5.57. The summed E-state index contributed by atoms with van der Waals surface area (Å²) in [6.07, 6.45) is 2.06. The van der Waals surface area contributed by atoms with E-state index >= 15 is 0 Å². The Hall–Kier alpha value is -1.10. The fourth-order valence-electron chi connectivity index (χ4n) is 2.96. The van der Waals surface area contributed by atoms with E-state index in [4.69, 9.17) is 5.73 Å². The van der Waals surface area contributed by atoms with Crippen molar-refractivity contribution in [3.8, 4) is 0 Å². The molecule has 0 spiro atoms. The van der Waals surface area contributed by atoms with Gasteiger partial charge < -0.3 is 16.0 Å². The molecule has 5 nitrogen and oxygen atoms in total. The van der Waals surface area contributed by atoms with E-state index in [0.717, 1.165) is 12.8 Å². The molecule has 1 rings (SSSR count). The Morgan fingerprint density at radius 3 is 2.45 bits per heavy atom. The number of carbonyl (C=O) groups is 2. The van der Waals surface area contributed by atoms with Gasteiger partial charge in [0.05, 0.1) is 0 Å². The number of nitrogens with zero attached hydrogens (tertiary/aromatic N) is 1. The minimum atomic E-state index is -0.104. The molecule has 1 fully saturated rings. The zero-order valence-electron chi connectivity index (χ0n) is 13.4. The lowest BCUT2D eigenvalue weighted by Gasteiger charge is -2.46. The smallest absolute Gasteiger partial charge is 0.223 e. The van der Waals surface area contributed by atoms with Gasteiger partial charge in [-0.25, -0.2) is 0 Å². The normalized spacial score (nSPS) is 28.8. The predicted octanol–water partition coefficient (Wildman–Crippen LogP) is 0.981. The molecule has 1 saturated carbocycles. The van der Waals surface area contributed by atoms with Crippen LogP contribution in [0.15, 0.2) is 0 Å². The Balaban J connectivity index is 2.53. The Bertz CT molecular complexity index is 366. The maximum absolute atomic E-state index is 12.3. The van der Waals surface area contributed by atoms with Crippen LogP contribution in [0.5, 0.6) is 0 Å². The van der Waals surface area contributed by atoms with Crippen LogP contribution >= 0.6 is 0 Å². The number of rotatable bonds is 4. The molecule has 2 amide bonds. The number of nitrogens with one attached hydrogen (secondary N) is 1. The molecule has 3 N–H and O–H groups in total. The Labute approximate surface area is 122 Å². The van der Waals surface area contributed by atoms with Crippen LogP contribution in [0.25, 0.3) is 0 Å². The third kappa shape index (κ3) is 3.72. The van der Waals surface area contributed by atoms with Gasteiger partial charge in [-0.3, -0.25) is 9.59 Å². The summed E-state index contributed by atoms with van der Waals surface area (Å²) >= 11 is 0. The van der Waals surface area contributed by atoms with E-state index < -0.39 is 0 Å². The summed E-state index contributed by atoms with van der Waals surface area (Å²) in [5.74, 6) is 0.381. The SMILES string of the molecule is CC1C(N)CCC(C(=O)NCCC(=O)N(C)C)C1(C)C. The van der Waals surface area contributed by atoms with Crippen molar-refractivity contribution in [1.29, 1.82) is 0 Å². The molecule has 0 aromatic heterocycles. The van der Waals surface area contributed by atoms with Crippen molar-refractivity contribution in [2.24, 2.45) is 23.0 Å². The first-order valence-electron chi connectivity index (χ1n) is 7.41. The molecule has 0 aromatic rings. The predicted molar refractivity (Wildman–Crippen MR) is 80.0 cm³/mol. The van der Waals surface area contributed by atoms with Crippen LogP contribution in [-0.2, 0) is 9.59 Å². The van der Waals surface area contributed by atoms with Crippen LogP contribution in [0.1, 0.15) is 40.0 Å². The van der Waals surface area contributed by atoms with Gasteiger partial charge in [0.2, 0.25) is 11.8 Å². The van der Waals surface area contributed by atoms with Crippen molar-refractivity contribution in [3.63, 3.8) is 0 Å². The van der Waals surface area contributed by atoms with Gasteiger partial charge in [0, 0.05) is 39.0 Å². The van der Waals surface area contributed by atoms with Crippen LogP contribution in [0.4, 0.5) is 0 Å². The van der Waals surface area contributed by atoms with Crippen molar-refractivity contribution in [1.82, 2.24) is 10.2 Å². The van der Waals surface area contributed by atoms with Gasteiger partial charge in [0.15, 0.2) is 0 Å². The quantitative estimate of drug-likeness (QED) is 0.807. The largest absolute Gasteiger partial charge is 0.355 e. The molecule has 20 heavy (non-hydrogen) atoms. The van der Waals surface area contributed by atoms with Gasteiger partial charge in [-0.05, 0) is 24.2 Å². The first kappa shape index (κ1) is 17.0. The zero-order valence-corrected chi connectivity index (χ0v) is 13.4. The van der Waals surface area contributed by atoms with Crippen LogP contribution in [-0.4, -0.2) is 43.4 Å². The average molecular weight is 283 g/mol. The third-order valence-electron chi connectivity index (χ3n) is 4.96. The Morgan fingerprint density at radius 2 is 1.90 bits per heavy atom. The maximum atomic E-state index is 12.3. The van der Waals surface area contributed by atoms with E-state index in [-0.39, 0.29) is 29.2 Å². The van der Waals surface area contributed by atoms with Crippen LogP contribution in [0.3, 0.4) is 0 Å². The molecule has 1 aliphatic rings. The summed E-state index contributed by atoms with van der Waals surface area (Å²) in [5, 5.41) is 2.90. The molecule has 0 radical (unpaired) electrons. The first-order chi connectivity index (χ1) is 9.17. The highest BCUT2D eigenvalue weighted by Gasteiger charge is 2.44. The number of nitrogens with two attached hydrogens (primary N) is 1. The topological polar surface area (TPSA) is 75.4 Å². The van der Waals surface area contributed by atoms with E-state index in [2.05, 4.69) is 26.1 Å². The summed E-state index contributed by atoms with van der Waals surface area (Å²) in [5.41, 5.74) is 6.00. The first-order valence-corrected chi connectivity index (χ1v) is 7.41. The molecule has 1 aliphatic carbocycles. The van der Waals surface area contributed by atoms with Gasteiger partial charge in [-0.1, -0.05) is 20.8 Å². The molecule has 3 unspecified atom stereocenters. The van der Waals surface area contributed by atoms with Crippen LogP contribution in [0.2, 0.25) is 0 Å². The lowest BCUT2D eigenvalue weighted by molar-refractivity contribution is -0.132. The van der Waals surface area contributed by atoms with Crippen molar-refractivity contribution in [2.45, 2.75) is 46.1 Å². The van der Waals surface area contributed by atoms with Crippen LogP contribution < -0.4 is 11.1 Å². The van der Waals surface area contributed by atoms with Crippen molar-refractivity contribution in [3.05, 3.63) is 0 Å². The summed E-state index contributed by atoms with van der Waals surface area (Å²) in [6.45, 7) is 6.76. The lowest BCUT2D eigenvalue weighted by Crippen LogP contribution is -2.51. The van der Waals surface area contributed by atoms with E-state index in [1.807, 2.05) is 0 Å². The maximum Gasteiger partial charge on any atom is 0.223 e. The Morgan fingerprint density at radius 1 is 1.30 bits per heavy atom. The van der Waals surface area contributed by atoms with Gasteiger partial charge in [0.25, 0.3) is 0 Å². The summed E-state index contributed by atoms with van der Waals surface area (Å²) in [4.78, 5) is 25.4. The van der Waals surface area contributed by atoms with E-state index in [9.17, 15) is 9.59 Å². The molecule has 0 heterocycles. The van der Waals surface area contributed by atoms with Gasteiger partial charge in [-0.15, -0.1) is 0 Å². The van der Waals surface area contributed by atoms with Gasteiger partial charge in [0.1, 0.15) is 0 Å². The minimum absolute atomic E-state index is 0.0215. The number of hydrogen-bond acceptors (Lipinski definition) is 3. The fraction of sp³-hybridized carbons (Fsp3) is 0.867. The number of hydrogen-bond donors (Lipinski definition) is 2. The van der Waals surface area contributed by atoms with E-state index in [1.54, 1.807) is 14.1 Å². The molecule has 0 bridgehead atoms.